The highest BCUT2D eigenvalue weighted by Gasteiger charge is 2.24. The van der Waals surface area contributed by atoms with Gasteiger partial charge >= 0.3 is 18.0 Å². The molecule has 0 aromatic heterocycles. The van der Waals surface area contributed by atoms with Crippen LogP contribution < -0.4 is 16.0 Å². The van der Waals surface area contributed by atoms with E-state index in [-0.39, 0.29) is 12.2 Å². The second-order valence-electron chi connectivity index (χ2n) is 3.95. The molecule has 0 aromatic rings. The number of carbonyl (C=O) groups is 4. The number of urea groups is 1. The fourth-order valence-corrected chi connectivity index (χ4v) is 1.72. The molecular weight excluding hydrogens is 320 g/mol. The highest BCUT2D eigenvalue weighted by Crippen LogP contribution is 2.04. The van der Waals surface area contributed by atoms with Gasteiger partial charge in [-0.1, -0.05) is 6.92 Å². The van der Waals surface area contributed by atoms with Crippen LogP contribution in [0.25, 0.3) is 0 Å². The van der Waals surface area contributed by atoms with Crippen LogP contribution in [0.5, 0.6) is 0 Å². The molecule has 0 saturated carbocycles. The van der Waals surface area contributed by atoms with Gasteiger partial charge in [0.25, 0.3) is 0 Å². The predicted octanol–water partition coefficient (Wildman–Crippen LogP) is -0.867. The number of carbonyl (C=O) groups excluding carboxylic acids is 2. The molecule has 12 heteroatoms. The zero-order chi connectivity index (χ0) is 17.1. The van der Waals surface area contributed by atoms with Gasteiger partial charge in [0.05, 0.1) is 0 Å². The normalized spacial score (nSPS) is 12.6. The highest BCUT2D eigenvalue weighted by atomic mass is 32.2. The lowest BCUT2D eigenvalue weighted by Gasteiger charge is -2.18. The molecule has 2 atom stereocenters. The molecule has 0 aliphatic heterocycles. The second-order valence-corrected chi connectivity index (χ2v) is 4.69. The summed E-state index contributed by atoms with van der Waals surface area (Å²) >= 11 is 0.454. The van der Waals surface area contributed by atoms with Crippen LogP contribution in [0.2, 0.25) is 0 Å². The van der Waals surface area contributed by atoms with Crippen LogP contribution in [0.1, 0.15) is 13.3 Å². The van der Waals surface area contributed by atoms with Crippen molar-refractivity contribution >= 4 is 35.8 Å². The van der Waals surface area contributed by atoms with E-state index in [1.54, 1.807) is 6.92 Å². The van der Waals surface area contributed by atoms with Crippen molar-refractivity contribution in [2.24, 2.45) is 4.58 Å². The fourth-order valence-electron chi connectivity index (χ4n) is 1.27. The number of rotatable bonds is 10. The maximum Gasteiger partial charge on any atom is 0.326 e. The van der Waals surface area contributed by atoms with Crippen molar-refractivity contribution in [3.8, 4) is 0 Å². The van der Waals surface area contributed by atoms with E-state index >= 15 is 0 Å². The van der Waals surface area contributed by atoms with Gasteiger partial charge in [-0.05, 0) is 6.42 Å². The van der Waals surface area contributed by atoms with Crippen molar-refractivity contribution in [3.63, 3.8) is 0 Å². The first kappa shape index (κ1) is 19.6. The Morgan fingerprint density at radius 1 is 1.14 bits per heavy atom. The van der Waals surface area contributed by atoms with E-state index in [0.29, 0.717) is 11.9 Å². The maximum absolute atomic E-state index is 11.7. The summed E-state index contributed by atoms with van der Waals surface area (Å²) in [4.78, 5) is 54.6. The molecule has 0 saturated heterocycles. The number of carboxylic acids is 2. The number of amides is 3. The molecule has 5 N–H and O–H groups in total. The van der Waals surface area contributed by atoms with E-state index in [0.717, 1.165) is 0 Å². The second kappa shape index (κ2) is 10.4. The highest BCUT2D eigenvalue weighted by molar-refractivity contribution is 7.97. The molecule has 3 amide bonds. The number of nitroso groups, excluding NO2 is 1. The molecule has 0 aliphatic rings. The average Bonchev–Trinajstić information content (AvgIpc) is 2.45. The predicted molar refractivity (Wildman–Crippen MR) is 76.1 cm³/mol. The Bertz CT molecular complexity index is 445. The van der Waals surface area contributed by atoms with E-state index in [9.17, 15) is 24.1 Å². The van der Waals surface area contributed by atoms with E-state index < -0.39 is 42.5 Å². The van der Waals surface area contributed by atoms with Crippen LogP contribution in [0, 0.1) is 4.91 Å². The molecule has 22 heavy (non-hydrogen) atoms. The summed E-state index contributed by atoms with van der Waals surface area (Å²) in [7, 11) is 0. The molecular formula is C10H16N4O7S. The van der Waals surface area contributed by atoms with E-state index in [1.807, 2.05) is 5.32 Å². The Hall–Kier alpha value is -2.37. The van der Waals surface area contributed by atoms with E-state index in [4.69, 9.17) is 10.2 Å². The minimum atomic E-state index is -1.28. The van der Waals surface area contributed by atoms with Gasteiger partial charge in [0, 0.05) is 22.3 Å². The van der Waals surface area contributed by atoms with Gasteiger partial charge in [0.1, 0.15) is 18.6 Å². The SMILES string of the molecule is CCC(NC(=O)NC(CSN=O)C(=O)NCC(=O)O)C(=O)O. The van der Waals surface area contributed by atoms with Crippen LogP contribution in [0.15, 0.2) is 4.58 Å². The fraction of sp³-hybridized carbons (Fsp3) is 0.600. The molecule has 0 radical (unpaired) electrons. The molecule has 0 bridgehead atoms. The Morgan fingerprint density at radius 3 is 2.18 bits per heavy atom. The number of aliphatic carboxylic acids is 2. The van der Waals surface area contributed by atoms with Gasteiger partial charge in [-0.25, -0.2) is 9.59 Å². The lowest BCUT2D eigenvalue weighted by atomic mass is 10.2. The minimum absolute atomic E-state index is 0.128. The minimum Gasteiger partial charge on any atom is -0.480 e. The summed E-state index contributed by atoms with van der Waals surface area (Å²) in [6.45, 7) is 0.882. The third-order valence-electron chi connectivity index (χ3n) is 2.34. The third-order valence-corrected chi connectivity index (χ3v) is 2.93. The summed E-state index contributed by atoms with van der Waals surface area (Å²) < 4.78 is 2.47. The van der Waals surface area contributed by atoms with Crippen LogP contribution >= 0.6 is 11.9 Å². The first-order valence-corrected chi connectivity index (χ1v) is 7.00. The van der Waals surface area contributed by atoms with Crippen molar-refractivity contribution in [3.05, 3.63) is 4.91 Å². The van der Waals surface area contributed by atoms with Crippen molar-refractivity contribution in [2.75, 3.05) is 12.3 Å². The van der Waals surface area contributed by atoms with Gasteiger partial charge in [0.15, 0.2) is 0 Å². The van der Waals surface area contributed by atoms with Crippen LogP contribution in [0.4, 0.5) is 4.79 Å². The maximum atomic E-state index is 11.7. The quantitative estimate of drug-likeness (QED) is 0.253. The van der Waals surface area contributed by atoms with Gasteiger partial charge in [0.2, 0.25) is 5.91 Å². The Labute approximate surface area is 129 Å². The van der Waals surface area contributed by atoms with Crippen LogP contribution in [-0.4, -0.2) is 58.5 Å². The third kappa shape index (κ3) is 8.04. The topological polar surface area (TPSA) is 174 Å². The standard InChI is InChI=1S/C10H16N4O7S/c1-2-5(9(18)19)12-10(20)13-6(4-22-14-21)8(17)11-3-7(15)16/h5-6H,2-4H2,1H3,(H,11,17)(H,15,16)(H,18,19)(H2,12,13,20). The van der Waals surface area contributed by atoms with Crippen LogP contribution in [-0.2, 0) is 14.4 Å². The molecule has 0 heterocycles. The monoisotopic (exact) mass is 336 g/mol. The zero-order valence-electron chi connectivity index (χ0n) is 11.6. The number of nitrogens with zero attached hydrogens (tertiary/aromatic N) is 1. The lowest BCUT2D eigenvalue weighted by Crippen LogP contribution is -2.54. The van der Waals surface area contributed by atoms with Crippen molar-refractivity contribution in [2.45, 2.75) is 25.4 Å². The molecule has 0 rings (SSSR count). The Kier molecular flexibility index (Phi) is 9.25. The Balaban J connectivity index is 4.65. The smallest absolute Gasteiger partial charge is 0.326 e. The zero-order valence-corrected chi connectivity index (χ0v) is 12.4. The summed E-state index contributed by atoms with van der Waals surface area (Å²) in [6.07, 6.45) is 0.128. The molecule has 0 aliphatic carbocycles. The molecule has 2 unspecified atom stereocenters. The van der Waals surface area contributed by atoms with Gasteiger partial charge in [-0.15, -0.1) is 4.91 Å². The molecule has 124 valence electrons. The van der Waals surface area contributed by atoms with Crippen molar-refractivity contribution < 1.29 is 29.4 Å². The molecule has 0 aromatic carbocycles. The number of nitrogens with one attached hydrogen (secondary N) is 3. The summed E-state index contributed by atoms with van der Waals surface area (Å²) in [5.74, 6) is -3.59. The lowest BCUT2D eigenvalue weighted by molar-refractivity contribution is -0.139. The average molecular weight is 336 g/mol. The number of hydrogen-bond donors (Lipinski definition) is 5. The van der Waals surface area contributed by atoms with Gasteiger partial charge in [-0.3, -0.25) is 9.59 Å². The Morgan fingerprint density at radius 2 is 1.73 bits per heavy atom. The van der Waals surface area contributed by atoms with Crippen LogP contribution in [0.3, 0.4) is 0 Å². The molecule has 0 fully saturated rings. The summed E-state index contributed by atoms with van der Waals surface area (Å²) in [5.41, 5.74) is 0. The van der Waals surface area contributed by atoms with Crippen molar-refractivity contribution in [1.82, 2.24) is 16.0 Å². The van der Waals surface area contributed by atoms with E-state index in [1.165, 1.54) is 0 Å². The largest absolute Gasteiger partial charge is 0.480 e. The van der Waals surface area contributed by atoms with E-state index in [2.05, 4.69) is 15.2 Å². The van der Waals surface area contributed by atoms with Gasteiger partial charge in [-0.2, -0.15) is 0 Å². The summed E-state index contributed by atoms with van der Waals surface area (Å²) in [5, 5.41) is 23.6. The van der Waals surface area contributed by atoms with Gasteiger partial charge < -0.3 is 26.2 Å². The molecule has 11 nitrogen and oxygen atoms in total. The summed E-state index contributed by atoms with van der Waals surface area (Å²) in [6, 6.07) is -3.32. The first-order valence-electron chi connectivity index (χ1n) is 6.05. The van der Waals surface area contributed by atoms with Crippen molar-refractivity contribution in [1.29, 1.82) is 0 Å². The molecule has 0 spiro atoms. The first-order chi connectivity index (χ1) is 10.3. The number of carboxylic acid groups (broad SMARTS) is 2. The number of hydrogen-bond acceptors (Lipinski definition) is 7.